The van der Waals surface area contributed by atoms with Gasteiger partial charge in [0.2, 0.25) is 5.96 Å². The Bertz CT molecular complexity index is 1120. The quantitative estimate of drug-likeness (QED) is 0.471. The van der Waals surface area contributed by atoms with Crippen molar-refractivity contribution in [2.75, 3.05) is 5.32 Å². The minimum atomic E-state index is -0.284. The Morgan fingerprint density at radius 2 is 1.87 bits per heavy atom. The van der Waals surface area contributed by atoms with E-state index in [1.54, 1.807) is 24.3 Å². The topological polar surface area (TPSA) is 71.3 Å². The molecule has 0 aliphatic carbocycles. The first-order valence-electron chi connectivity index (χ1n) is 9.70. The van der Waals surface area contributed by atoms with Gasteiger partial charge in [0.15, 0.2) is 0 Å². The Morgan fingerprint density at radius 3 is 2.53 bits per heavy atom. The van der Waals surface area contributed by atoms with Gasteiger partial charge in [-0.1, -0.05) is 29.8 Å². The summed E-state index contributed by atoms with van der Waals surface area (Å²) < 4.78 is 1.84. The van der Waals surface area contributed by atoms with Gasteiger partial charge in [0, 0.05) is 34.6 Å². The van der Waals surface area contributed by atoms with Crippen LogP contribution in [-0.4, -0.2) is 21.6 Å². The third kappa shape index (κ3) is 4.89. The number of carbonyl (C=O) groups is 1. The molecule has 0 unspecified atom stereocenters. The number of rotatable bonds is 4. The average molecular weight is 424 g/mol. The Labute approximate surface area is 182 Å². The maximum Gasteiger partial charge on any atom is 0.258 e. The predicted molar refractivity (Wildman–Crippen MR) is 122 cm³/mol. The van der Waals surface area contributed by atoms with E-state index in [1.165, 1.54) is 0 Å². The third-order valence-electron chi connectivity index (χ3n) is 5.23. The standard InChI is InChI=1S/C23H26ClN5O/c1-14-8-6-11-21(15(14)2)26-23(25-13-20-16(3)28-29(5)17(20)4)27-22(30)18-9-7-10-19(24)12-18/h6-12H,13H2,1-5H3,(H2,25,26,27,30). The molecule has 0 fully saturated rings. The maximum atomic E-state index is 12.8. The number of hydrogen-bond donors (Lipinski definition) is 2. The number of hydrogen-bond acceptors (Lipinski definition) is 3. The van der Waals surface area contributed by atoms with Gasteiger partial charge in [0.05, 0.1) is 12.2 Å². The lowest BCUT2D eigenvalue weighted by Crippen LogP contribution is -2.36. The van der Waals surface area contributed by atoms with Crippen LogP contribution in [0.3, 0.4) is 0 Å². The van der Waals surface area contributed by atoms with Crippen LogP contribution in [0.4, 0.5) is 5.69 Å². The fourth-order valence-electron chi connectivity index (χ4n) is 3.14. The molecule has 0 saturated carbocycles. The van der Waals surface area contributed by atoms with Gasteiger partial charge in [-0.2, -0.15) is 5.10 Å². The van der Waals surface area contributed by atoms with Crippen LogP contribution in [-0.2, 0) is 13.6 Å². The second-order valence-corrected chi connectivity index (χ2v) is 7.71. The van der Waals surface area contributed by atoms with Gasteiger partial charge in [-0.15, -0.1) is 0 Å². The van der Waals surface area contributed by atoms with Gasteiger partial charge in [-0.05, 0) is 63.1 Å². The molecule has 6 nitrogen and oxygen atoms in total. The average Bonchev–Trinajstić information content (AvgIpc) is 2.95. The second kappa shape index (κ2) is 9.13. The molecule has 0 bridgehead atoms. The number of nitrogens with one attached hydrogen (secondary N) is 2. The lowest BCUT2D eigenvalue weighted by atomic mass is 10.1. The number of amides is 1. The molecular weight excluding hydrogens is 398 g/mol. The van der Waals surface area contributed by atoms with Gasteiger partial charge in [-0.25, -0.2) is 4.99 Å². The van der Waals surface area contributed by atoms with Crippen molar-refractivity contribution in [2.45, 2.75) is 34.2 Å². The molecule has 2 N–H and O–H groups in total. The van der Waals surface area contributed by atoms with E-state index in [4.69, 9.17) is 11.6 Å². The van der Waals surface area contributed by atoms with Crippen molar-refractivity contribution in [1.82, 2.24) is 15.1 Å². The lowest BCUT2D eigenvalue weighted by Gasteiger charge is -2.15. The van der Waals surface area contributed by atoms with Crippen molar-refractivity contribution in [1.29, 1.82) is 0 Å². The van der Waals surface area contributed by atoms with Gasteiger partial charge in [-0.3, -0.25) is 14.8 Å². The molecule has 0 radical (unpaired) electrons. The van der Waals surface area contributed by atoms with Gasteiger partial charge in [0.25, 0.3) is 5.91 Å². The molecule has 2 aromatic carbocycles. The number of aliphatic imine (C=N–C) groups is 1. The number of aryl methyl sites for hydroxylation is 3. The van der Waals surface area contributed by atoms with Crippen molar-refractivity contribution in [2.24, 2.45) is 12.0 Å². The van der Waals surface area contributed by atoms with Crippen LogP contribution in [0, 0.1) is 27.7 Å². The fraction of sp³-hybridized carbons (Fsp3) is 0.261. The van der Waals surface area contributed by atoms with Gasteiger partial charge in [0.1, 0.15) is 0 Å². The second-order valence-electron chi connectivity index (χ2n) is 7.27. The maximum absolute atomic E-state index is 12.8. The Kier molecular flexibility index (Phi) is 6.57. The number of guanidine groups is 1. The van der Waals surface area contributed by atoms with Gasteiger partial charge < -0.3 is 5.32 Å². The molecule has 3 aromatic rings. The summed E-state index contributed by atoms with van der Waals surface area (Å²) in [7, 11) is 1.91. The zero-order valence-electron chi connectivity index (χ0n) is 17.9. The summed E-state index contributed by atoms with van der Waals surface area (Å²) in [5.74, 6) is 0.0880. The summed E-state index contributed by atoms with van der Waals surface area (Å²) in [4.78, 5) is 17.5. The molecule has 1 amide bonds. The molecule has 30 heavy (non-hydrogen) atoms. The Hall–Kier alpha value is -3.12. The van der Waals surface area contributed by atoms with Crippen molar-refractivity contribution < 1.29 is 4.79 Å². The van der Waals surface area contributed by atoms with Crippen LogP contribution in [0.15, 0.2) is 47.5 Å². The molecule has 1 aromatic heterocycles. The van der Waals surface area contributed by atoms with E-state index in [2.05, 4.69) is 20.7 Å². The molecule has 156 valence electrons. The van der Waals surface area contributed by atoms with Crippen molar-refractivity contribution in [3.05, 3.63) is 81.1 Å². The molecule has 0 atom stereocenters. The summed E-state index contributed by atoms with van der Waals surface area (Å²) in [6, 6.07) is 12.8. The molecule has 0 saturated heterocycles. The van der Waals surface area contributed by atoms with Crippen molar-refractivity contribution in [3.63, 3.8) is 0 Å². The third-order valence-corrected chi connectivity index (χ3v) is 5.47. The van der Waals surface area contributed by atoms with E-state index in [9.17, 15) is 4.79 Å². The Balaban J connectivity index is 1.91. The highest BCUT2D eigenvalue weighted by atomic mass is 35.5. The van der Waals surface area contributed by atoms with E-state index in [0.29, 0.717) is 23.1 Å². The van der Waals surface area contributed by atoms with Crippen LogP contribution in [0.25, 0.3) is 0 Å². The van der Waals surface area contributed by atoms with Crippen LogP contribution < -0.4 is 10.6 Å². The summed E-state index contributed by atoms with van der Waals surface area (Å²) in [5, 5.41) is 11.1. The first-order valence-corrected chi connectivity index (χ1v) is 10.1. The number of anilines is 1. The number of halogens is 1. The highest BCUT2D eigenvalue weighted by molar-refractivity contribution is 6.31. The number of benzene rings is 2. The molecule has 3 rings (SSSR count). The summed E-state index contributed by atoms with van der Waals surface area (Å²) >= 11 is 6.04. The first-order chi connectivity index (χ1) is 14.3. The monoisotopic (exact) mass is 423 g/mol. The van der Waals surface area contributed by atoms with Crippen LogP contribution >= 0.6 is 11.6 Å². The van der Waals surface area contributed by atoms with Crippen LogP contribution in [0.1, 0.15) is 38.4 Å². The molecule has 0 aliphatic rings. The number of nitrogens with zero attached hydrogens (tertiary/aromatic N) is 3. The van der Waals surface area contributed by atoms with Crippen molar-refractivity contribution in [3.8, 4) is 0 Å². The van der Waals surface area contributed by atoms with Crippen LogP contribution in [0.5, 0.6) is 0 Å². The minimum absolute atomic E-state index is 0.284. The van der Waals surface area contributed by atoms with Crippen molar-refractivity contribution >= 4 is 29.2 Å². The minimum Gasteiger partial charge on any atom is -0.326 e. The smallest absolute Gasteiger partial charge is 0.258 e. The van der Waals surface area contributed by atoms with Gasteiger partial charge >= 0.3 is 0 Å². The van der Waals surface area contributed by atoms with E-state index in [1.807, 2.05) is 57.6 Å². The highest BCUT2D eigenvalue weighted by Gasteiger charge is 2.13. The zero-order chi connectivity index (χ0) is 21.8. The van der Waals surface area contributed by atoms with E-state index in [-0.39, 0.29) is 5.91 Å². The van der Waals surface area contributed by atoms with E-state index in [0.717, 1.165) is 33.8 Å². The molecule has 7 heteroatoms. The number of carbonyl (C=O) groups excluding carboxylic acids is 1. The normalized spacial score (nSPS) is 11.5. The Morgan fingerprint density at radius 1 is 1.13 bits per heavy atom. The van der Waals surface area contributed by atoms with E-state index >= 15 is 0 Å². The molecular formula is C23H26ClN5O. The predicted octanol–water partition coefficient (Wildman–Crippen LogP) is 4.71. The highest BCUT2D eigenvalue weighted by Crippen LogP contribution is 2.19. The molecule has 0 spiro atoms. The lowest BCUT2D eigenvalue weighted by molar-refractivity contribution is 0.0977. The SMILES string of the molecule is Cc1cccc(NC(=NCc2c(C)nn(C)c2C)NC(=O)c2cccc(Cl)c2)c1C. The van der Waals surface area contributed by atoms with Crippen LogP contribution in [0.2, 0.25) is 5.02 Å². The summed E-state index contributed by atoms with van der Waals surface area (Å²) in [6.45, 7) is 8.44. The summed E-state index contributed by atoms with van der Waals surface area (Å²) in [5.41, 5.74) is 6.60. The molecule has 1 heterocycles. The summed E-state index contributed by atoms with van der Waals surface area (Å²) in [6.07, 6.45) is 0. The largest absolute Gasteiger partial charge is 0.326 e. The number of aromatic nitrogens is 2. The fourth-order valence-corrected chi connectivity index (χ4v) is 3.33. The van der Waals surface area contributed by atoms with E-state index < -0.39 is 0 Å². The first kappa shape index (κ1) is 21.6. The molecule has 0 aliphatic heterocycles. The zero-order valence-corrected chi connectivity index (χ0v) is 18.6.